The number of halogens is 2. The van der Waals surface area contributed by atoms with Gasteiger partial charge in [-0.25, -0.2) is 8.42 Å². The molecule has 2 rings (SSSR count). The lowest BCUT2D eigenvalue weighted by molar-refractivity contribution is -0.136. The van der Waals surface area contributed by atoms with Crippen molar-refractivity contribution in [1.82, 2.24) is 0 Å². The molecule has 1 heterocycles. The van der Waals surface area contributed by atoms with Crippen molar-refractivity contribution in [3.63, 3.8) is 0 Å². The van der Waals surface area contributed by atoms with Gasteiger partial charge in [0.15, 0.2) is 0 Å². The fourth-order valence-corrected chi connectivity index (χ4v) is 4.77. The van der Waals surface area contributed by atoms with Gasteiger partial charge in [0.05, 0.1) is 12.1 Å². The molecule has 112 valence electrons. The van der Waals surface area contributed by atoms with Gasteiger partial charge in [-0.2, -0.15) is 0 Å². The first kappa shape index (κ1) is 16.5. The highest BCUT2D eigenvalue weighted by Gasteiger charge is 2.19. The zero-order valence-electron chi connectivity index (χ0n) is 10.3. The second-order valence-corrected chi connectivity index (χ2v) is 8.87. The molecule has 0 fully saturated rings. The number of aliphatic carboxylic acids is 1. The molecular weight excluding hydrogens is 446 g/mol. The second-order valence-electron chi connectivity index (χ2n) is 4.02. The lowest BCUT2D eigenvalue weighted by atomic mass is 10.3. The molecule has 0 aliphatic rings. The Kier molecular flexibility index (Phi) is 5.07. The van der Waals surface area contributed by atoms with Crippen LogP contribution in [0.4, 0.5) is 5.69 Å². The summed E-state index contributed by atoms with van der Waals surface area (Å²) in [5.41, 5.74) is 0.401. The lowest BCUT2D eigenvalue weighted by Crippen LogP contribution is -2.11. The molecule has 0 bridgehead atoms. The molecule has 0 atom stereocenters. The molecule has 0 spiro atoms. The Hall–Kier alpha value is -0.900. The third kappa shape index (κ3) is 4.29. The number of sulfonamides is 1. The average molecular weight is 455 g/mol. The van der Waals surface area contributed by atoms with Crippen LogP contribution in [0.3, 0.4) is 0 Å². The van der Waals surface area contributed by atoms with Crippen LogP contribution in [-0.2, 0) is 21.2 Å². The van der Waals surface area contributed by atoms with Gasteiger partial charge in [0.2, 0.25) is 0 Å². The molecule has 1 aromatic heterocycles. The summed E-state index contributed by atoms with van der Waals surface area (Å²) < 4.78 is 28.4. The van der Waals surface area contributed by atoms with Gasteiger partial charge in [-0.05, 0) is 46.3 Å². The van der Waals surface area contributed by atoms with Crippen molar-refractivity contribution in [3.05, 3.63) is 44.2 Å². The van der Waals surface area contributed by atoms with Crippen molar-refractivity contribution in [2.45, 2.75) is 10.6 Å². The van der Waals surface area contributed by atoms with E-state index in [9.17, 15) is 13.2 Å². The highest BCUT2D eigenvalue weighted by molar-refractivity contribution is 9.11. The normalized spacial score (nSPS) is 11.3. The molecule has 0 radical (unpaired) electrons. The molecule has 2 aromatic rings. The first-order valence-electron chi connectivity index (χ1n) is 5.56. The monoisotopic (exact) mass is 453 g/mol. The van der Waals surface area contributed by atoms with E-state index in [1.807, 2.05) is 0 Å². The number of carbonyl (C=O) groups is 1. The molecular formula is C12H9Br2NO4S2. The molecule has 1 aromatic carbocycles. The van der Waals surface area contributed by atoms with Crippen molar-refractivity contribution < 1.29 is 18.3 Å². The van der Waals surface area contributed by atoms with Crippen LogP contribution in [0.2, 0.25) is 0 Å². The maximum Gasteiger partial charge on any atom is 0.308 e. The summed E-state index contributed by atoms with van der Waals surface area (Å²) in [6.07, 6.45) is -0.194. The first-order chi connectivity index (χ1) is 9.78. The van der Waals surface area contributed by atoms with Crippen LogP contribution in [0, 0.1) is 0 Å². The number of nitrogens with one attached hydrogen (secondary N) is 1. The van der Waals surface area contributed by atoms with Crippen LogP contribution >= 0.6 is 43.2 Å². The highest BCUT2D eigenvalue weighted by atomic mass is 79.9. The van der Waals surface area contributed by atoms with E-state index in [0.29, 0.717) is 15.0 Å². The van der Waals surface area contributed by atoms with Crippen molar-refractivity contribution in [1.29, 1.82) is 0 Å². The van der Waals surface area contributed by atoms with Gasteiger partial charge in [-0.3, -0.25) is 9.52 Å². The van der Waals surface area contributed by atoms with E-state index in [0.717, 1.165) is 15.8 Å². The Morgan fingerprint density at radius 1 is 1.24 bits per heavy atom. The molecule has 0 unspecified atom stereocenters. The minimum Gasteiger partial charge on any atom is -0.481 e. The van der Waals surface area contributed by atoms with Gasteiger partial charge in [-0.1, -0.05) is 15.9 Å². The number of anilines is 1. The summed E-state index contributed by atoms with van der Waals surface area (Å²) in [7, 11) is -3.74. The molecule has 9 heteroatoms. The largest absolute Gasteiger partial charge is 0.481 e. The van der Waals surface area contributed by atoms with Crippen molar-refractivity contribution in [2.24, 2.45) is 0 Å². The third-order valence-electron chi connectivity index (χ3n) is 2.40. The number of carboxylic acid groups (broad SMARTS) is 1. The van der Waals surface area contributed by atoms with E-state index >= 15 is 0 Å². The van der Waals surface area contributed by atoms with Gasteiger partial charge < -0.3 is 5.11 Å². The zero-order chi connectivity index (χ0) is 15.6. The maximum atomic E-state index is 12.3. The smallest absolute Gasteiger partial charge is 0.308 e. The fourth-order valence-electron chi connectivity index (χ4n) is 1.52. The SMILES string of the molecule is O=C(O)Cc1ccc(S(=O)(=O)Nc2cc(Br)ccc2Br)s1. The minimum atomic E-state index is -3.74. The fraction of sp³-hybridized carbons (Fsp3) is 0.0833. The van der Waals surface area contributed by atoms with Crippen LogP contribution in [0.15, 0.2) is 43.5 Å². The molecule has 0 saturated carbocycles. The topological polar surface area (TPSA) is 83.5 Å². The minimum absolute atomic E-state index is 0.0747. The Labute approximate surface area is 142 Å². The number of rotatable bonds is 5. The van der Waals surface area contributed by atoms with Crippen LogP contribution in [-0.4, -0.2) is 19.5 Å². The van der Waals surface area contributed by atoms with E-state index in [1.54, 1.807) is 18.2 Å². The van der Waals surface area contributed by atoms with E-state index in [-0.39, 0.29) is 10.6 Å². The number of hydrogen-bond acceptors (Lipinski definition) is 4. The first-order valence-corrected chi connectivity index (χ1v) is 9.45. The second kappa shape index (κ2) is 6.47. The van der Waals surface area contributed by atoms with Gasteiger partial charge in [-0.15, -0.1) is 11.3 Å². The molecule has 2 N–H and O–H groups in total. The van der Waals surface area contributed by atoms with Crippen molar-refractivity contribution >= 4 is 64.9 Å². The quantitative estimate of drug-likeness (QED) is 0.721. The Morgan fingerprint density at radius 2 is 1.95 bits per heavy atom. The molecule has 0 saturated heterocycles. The predicted molar refractivity (Wildman–Crippen MR) is 88.3 cm³/mol. The lowest BCUT2D eigenvalue weighted by Gasteiger charge is -2.08. The van der Waals surface area contributed by atoms with E-state index in [2.05, 4.69) is 36.6 Å². The van der Waals surface area contributed by atoms with Crippen molar-refractivity contribution in [2.75, 3.05) is 4.72 Å². The molecule has 0 amide bonds. The number of thiophene rings is 1. The van der Waals surface area contributed by atoms with Gasteiger partial charge in [0.1, 0.15) is 4.21 Å². The predicted octanol–water partition coefficient (Wildman–Crippen LogP) is 3.70. The van der Waals surface area contributed by atoms with E-state index in [4.69, 9.17) is 5.11 Å². The third-order valence-corrected chi connectivity index (χ3v) is 6.53. The Bertz CT molecular complexity index is 786. The number of benzene rings is 1. The average Bonchev–Trinajstić information content (AvgIpc) is 2.82. The van der Waals surface area contributed by atoms with Gasteiger partial charge in [0, 0.05) is 13.8 Å². The standard InChI is InChI=1S/C12H9Br2NO4S2/c13-7-1-3-9(14)10(5-7)15-21(18,19)12-4-2-8(20-12)6-11(16)17/h1-5,15H,6H2,(H,16,17). The summed E-state index contributed by atoms with van der Waals surface area (Å²) in [5.74, 6) is -0.997. The Morgan fingerprint density at radius 3 is 2.62 bits per heavy atom. The van der Waals surface area contributed by atoms with Crippen LogP contribution in [0.5, 0.6) is 0 Å². The summed E-state index contributed by atoms with van der Waals surface area (Å²) >= 11 is 7.48. The van der Waals surface area contributed by atoms with Gasteiger partial charge >= 0.3 is 5.97 Å². The summed E-state index contributed by atoms with van der Waals surface area (Å²) in [6, 6.07) is 8.03. The zero-order valence-corrected chi connectivity index (χ0v) is 15.1. The Balaban J connectivity index is 2.28. The molecule has 21 heavy (non-hydrogen) atoms. The van der Waals surface area contributed by atoms with Crippen LogP contribution < -0.4 is 4.72 Å². The summed E-state index contributed by atoms with van der Waals surface area (Å²) in [5, 5.41) is 8.71. The van der Waals surface area contributed by atoms with Crippen LogP contribution in [0.1, 0.15) is 4.88 Å². The highest BCUT2D eigenvalue weighted by Crippen LogP contribution is 2.30. The molecule has 0 aliphatic heterocycles. The van der Waals surface area contributed by atoms with Crippen LogP contribution in [0.25, 0.3) is 0 Å². The number of hydrogen-bond donors (Lipinski definition) is 2. The number of carboxylic acids is 1. The van der Waals surface area contributed by atoms with Gasteiger partial charge in [0.25, 0.3) is 10.0 Å². The molecule has 5 nitrogen and oxygen atoms in total. The maximum absolute atomic E-state index is 12.3. The van der Waals surface area contributed by atoms with E-state index < -0.39 is 16.0 Å². The summed E-state index contributed by atoms with van der Waals surface area (Å²) in [6.45, 7) is 0. The van der Waals surface area contributed by atoms with Crippen molar-refractivity contribution in [3.8, 4) is 0 Å². The molecule has 0 aliphatic carbocycles. The summed E-state index contributed by atoms with van der Waals surface area (Å²) in [4.78, 5) is 11.1. The van der Waals surface area contributed by atoms with E-state index in [1.165, 1.54) is 12.1 Å².